The van der Waals surface area contributed by atoms with Gasteiger partial charge >= 0.3 is 5.97 Å². The summed E-state index contributed by atoms with van der Waals surface area (Å²) in [5.41, 5.74) is 5.62. The number of rotatable bonds is 6. The molecule has 1 aliphatic carbocycles. The Hall–Kier alpha value is -2.95. The van der Waals surface area contributed by atoms with Crippen molar-refractivity contribution in [2.75, 3.05) is 6.54 Å². The van der Waals surface area contributed by atoms with Gasteiger partial charge in [0.05, 0.1) is 0 Å². The van der Waals surface area contributed by atoms with E-state index in [9.17, 15) is 14.4 Å². The Balaban J connectivity index is 1.53. The first-order valence-corrected chi connectivity index (χ1v) is 9.56. The quantitative estimate of drug-likeness (QED) is 0.617. The monoisotopic (exact) mass is 379 g/mol. The summed E-state index contributed by atoms with van der Waals surface area (Å²) in [6.07, 6.45) is 2.24. The number of ether oxygens (including phenoxy) is 1. The van der Waals surface area contributed by atoms with Gasteiger partial charge in [0, 0.05) is 11.1 Å². The zero-order valence-corrected chi connectivity index (χ0v) is 16.5. The predicted octanol–water partition coefficient (Wildman–Crippen LogP) is 3.34. The number of fused-ring (bicyclic) bond motifs is 1. The van der Waals surface area contributed by atoms with Crippen molar-refractivity contribution in [3.8, 4) is 0 Å². The van der Waals surface area contributed by atoms with Crippen LogP contribution in [0.5, 0.6) is 0 Å². The van der Waals surface area contributed by atoms with Crippen LogP contribution in [0.15, 0.2) is 36.4 Å². The fourth-order valence-electron chi connectivity index (χ4n) is 3.39. The zero-order chi connectivity index (χ0) is 20.3. The average molecular weight is 379 g/mol. The van der Waals surface area contributed by atoms with E-state index in [1.54, 1.807) is 25.1 Å². The molecule has 5 nitrogen and oxygen atoms in total. The van der Waals surface area contributed by atoms with Crippen molar-refractivity contribution < 1.29 is 19.1 Å². The highest BCUT2D eigenvalue weighted by Gasteiger charge is 2.22. The third-order valence-electron chi connectivity index (χ3n) is 5.22. The largest absolute Gasteiger partial charge is 0.453 e. The molecule has 2 aromatic rings. The van der Waals surface area contributed by atoms with Crippen LogP contribution in [0.3, 0.4) is 0 Å². The molecule has 5 heteroatoms. The highest BCUT2D eigenvalue weighted by Crippen LogP contribution is 2.23. The SMILES string of the molecule is Cc1ccc(C(=O)NCC(=O)O[C@@H](C)C(=O)c2ccc3c(c2)CCC3)cc1C. The standard InChI is InChI=1S/C23H25NO4/c1-14-7-8-20(11-15(14)2)23(27)24-13-21(25)28-16(3)22(26)19-10-9-17-5-4-6-18(17)12-19/h7-12,16H,4-6,13H2,1-3H3,(H,24,27)/t16-/m0/s1. The molecule has 1 aliphatic rings. The molecular formula is C23H25NO4. The fraction of sp³-hybridized carbons (Fsp3) is 0.348. The third-order valence-corrected chi connectivity index (χ3v) is 5.22. The topological polar surface area (TPSA) is 72.5 Å². The van der Waals surface area contributed by atoms with Gasteiger partial charge in [-0.2, -0.15) is 0 Å². The predicted molar refractivity (Wildman–Crippen MR) is 107 cm³/mol. The van der Waals surface area contributed by atoms with Crippen LogP contribution >= 0.6 is 0 Å². The Morgan fingerprint density at radius 1 is 0.964 bits per heavy atom. The van der Waals surface area contributed by atoms with Crippen molar-refractivity contribution in [2.24, 2.45) is 0 Å². The average Bonchev–Trinajstić information content (AvgIpc) is 3.15. The van der Waals surface area contributed by atoms with Crippen molar-refractivity contribution >= 4 is 17.7 Å². The summed E-state index contributed by atoms with van der Waals surface area (Å²) < 4.78 is 5.21. The molecule has 1 amide bonds. The van der Waals surface area contributed by atoms with E-state index in [-0.39, 0.29) is 18.2 Å². The molecule has 1 N–H and O–H groups in total. The van der Waals surface area contributed by atoms with Gasteiger partial charge in [-0.3, -0.25) is 14.4 Å². The molecule has 0 unspecified atom stereocenters. The minimum absolute atomic E-state index is 0.233. The molecule has 146 valence electrons. The maximum atomic E-state index is 12.5. The Morgan fingerprint density at radius 3 is 2.43 bits per heavy atom. The molecule has 1 atom stereocenters. The normalized spacial score (nSPS) is 13.5. The van der Waals surface area contributed by atoms with Crippen LogP contribution in [-0.4, -0.2) is 30.3 Å². The Labute approximate surface area is 165 Å². The molecule has 0 aromatic heterocycles. The van der Waals surface area contributed by atoms with Gasteiger partial charge in [0.15, 0.2) is 6.10 Å². The Morgan fingerprint density at radius 2 is 1.68 bits per heavy atom. The smallest absolute Gasteiger partial charge is 0.326 e. The Kier molecular flexibility index (Phi) is 5.93. The maximum Gasteiger partial charge on any atom is 0.326 e. The number of aryl methyl sites for hydroxylation is 4. The van der Waals surface area contributed by atoms with Crippen molar-refractivity contribution in [2.45, 2.75) is 46.1 Å². The van der Waals surface area contributed by atoms with Crippen LogP contribution in [-0.2, 0) is 22.4 Å². The first-order valence-electron chi connectivity index (χ1n) is 9.56. The fourth-order valence-corrected chi connectivity index (χ4v) is 3.39. The summed E-state index contributed by atoms with van der Waals surface area (Å²) in [6.45, 7) is 5.16. The molecule has 0 bridgehead atoms. The van der Waals surface area contributed by atoms with E-state index in [0.717, 1.165) is 30.4 Å². The van der Waals surface area contributed by atoms with Crippen molar-refractivity contribution in [3.05, 3.63) is 69.8 Å². The molecule has 0 radical (unpaired) electrons. The van der Waals surface area contributed by atoms with Crippen molar-refractivity contribution in [3.63, 3.8) is 0 Å². The highest BCUT2D eigenvalue weighted by molar-refractivity contribution is 6.01. The second-order valence-electron chi connectivity index (χ2n) is 7.32. The first kappa shape index (κ1) is 19.8. The summed E-state index contributed by atoms with van der Waals surface area (Å²) in [5.74, 6) is -1.22. The van der Waals surface area contributed by atoms with Gasteiger partial charge in [0.1, 0.15) is 6.54 Å². The van der Waals surface area contributed by atoms with Gasteiger partial charge in [-0.25, -0.2) is 0 Å². The Bertz CT molecular complexity index is 932. The van der Waals surface area contributed by atoms with Gasteiger partial charge in [-0.1, -0.05) is 18.2 Å². The summed E-state index contributed by atoms with van der Waals surface area (Å²) in [7, 11) is 0. The number of Topliss-reactive ketones (excluding diaryl/α,β-unsaturated/α-hetero) is 1. The lowest BCUT2D eigenvalue weighted by Gasteiger charge is -2.14. The van der Waals surface area contributed by atoms with E-state index in [2.05, 4.69) is 5.32 Å². The van der Waals surface area contributed by atoms with Crippen molar-refractivity contribution in [1.82, 2.24) is 5.32 Å². The van der Waals surface area contributed by atoms with E-state index in [0.29, 0.717) is 11.1 Å². The van der Waals surface area contributed by atoms with Crippen LogP contribution in [0.25, 0.3) is 0 Å². The van der Waals surface area contributed by atoms with Crippen LogP contribution in [0.4, 0.5) is 0 Å². The minimum Gasteiger partial charge on any atom is -0.453 e. The highest BCUT2D eigenvalue weighted by atomic mass is 16.5. The number of esters is 1. The zero-order valence-electron chi connectivity index (χ0n) is 16.5. The molecule has 0 fully saturated rings. The number of nitrogens with one attached hydrogen (secondary N) is 1. The molecule has 0 saturated carbocycles. The van der Waals surface area contributed by atoms with E-state index >= 15 is 0 Å². The summed E-state index contributed by atoms with van der Waals surface area (Å²) in [6, 6.07) is 11.0. The molecule has 0 spiro atoms. The third kappa shape index (κ3) is 4.47. The lowest BCUT2D eigenvalue weighted by Crippen LogP contribution is -2.34. The van der Waals surface area contributed by atoms with Gasteiger partial charge < -0.3 is 10.1 Å². The minimum atomic E-state index is -0.898. The lowest BCUT2D eigenvalue weighted by molar-refractivity contribution is -0.145. The van der Waals surface area contributed by atoms with E-state index in [1.165, 1.54) is 11.1 Å². The molecule has 0 aliphatic heterocycles. The summed E-state index contributed by atoms with van der Waals surface area (Å²) in [4.78, 5) is 36.8. The molecule has 2 aromatic carbocycles. The number of carbonyl (C=O) groups is 3. The van der Waals surface area contributed by atoms with E-state index in [4.69, 9.17) is 4.74 Å². The van der Waals surface area contributed by atoms with Crippen molar-refractivity contribution in [1.29, 1.82) is 0 Å². The maximum absolute atomic E-state index is 12.5. The number of hydrogen-bond donors (Lipinski definition) is 1. The van der Waals surface area contributed by atoms with E-state index < -0.39 is 12.1 Å². The second kappa shape index (κ2) is 8.38. The molecule has 0 saturated heterocycles. The molecular weight excluding hydrogens is 354 g/mol. The van der Waals surface area contributed by atoms with Crippen LogP contribution in [0.2, 0.25) is 0 Å². The lowest BCUT2D eigenvalue weighted by atomic mass is 10.0. The summed E-state index contributed by atoms with van der Waals surface area (Å²) in [5, 5.41) is 2.54. The van der Waals surface area contributed by atoms with Crippen LogP contribution in [0.1, 0.15) is 56.3 Å². The number of ketones is 1. The first-order chi connectivity index (χ1) is 13.3. The number of amides is 1. The van der Waals surface area contributed by atoms with E-state index in [1.807, 2.05) is 32.0 Å². The summed E-state index contributed by atoms with van der Waals surface area (Å²) >= 11 is 0. The number of carbonyl (C=O) groups excluding carboxylic acids is 3. The van der Waals surface area contributed by atoms with Crippen LogP contribution < -0.4 is 5.32 Å². The van der Waals surface area contributed by atoms with Gasteiger partial charge in [0.2, 0.25) is 5.78 Å². The number of benzene rings is 2. The van der Waals surface area contributed by atoms with Gasteiger partial charge in [-0.05, 0) is 80.5 Å². The molecule has 0 heterocycles. The number of hydrogen-bond acceptors (Lipinski definition) is 4. The van der Waals surface area contributed by atoms with Gasteiger partial charge in [0.25, 0.3) is 5.91 Å². The van der Waals surface area contributed by atoms with Gasteiger partial charge in [-0.15, -0.1) is 0 Å². The molecule has 28 heavy (non-hydrogen) atoms. The molecule has 3 rings (SSSR count). The van der Waals surface area contributed by atoms with Crippen LogP contribution in [0, 0.1) is 13.8 Å². The second-order valence-corrected chi connectivity index (χ2v) is 7.32.